The Hall–Kier alpha value is -2.63. The number of benzene rings is 1. The molecule has 28 heavy (non-hydrogen) atoms. The Kier molecular flexibility index (Phi) is 5.20. The maximum Gasteiger partial charge on any atom is 0.167 e. The number of hydrogen-bond acceptors (Lipinski definition) is 9. The van der Waals surface area contributed by atoms with Crippen molar-refractivity contribution in [1.82, 2.24) is 19.5 Å². The van der Waals surface area contributed by atoms with Gasteiger partial charge < -0.3 is 30.5 Å². The van der Waals surface area contributed by atoms with Crippen LogP contribution >= 0.6 is 0 Å². The van der Waals surface area contributed by atoms with Gasteiger partial charge in [0.1, 0.15) is 24.6 Å². The number of anilines is 1. The Morgan fingerprint density at radius 3 is 2.54 bits per heavy atom. The maximum atomic E-state index is 10.3. The van der Waals surface area contributed by atoms with E-state index in [4.69, 9.17) is 4.74 Å². The molecule has 0 amide bonds. The van der Waals surface area contributed by atoms with E-state index in [9.17, 15) is 20.4 Å². The number of nitrogens with zero attached hydrogens (tertiary/aromatic N) is 4. The van der Waals surface area contributed by atoms with Gasteiger partial charge in [0.25, 0.3) is 0 Å². The van der Waals surface area contributed by atoms with Gasteiger partial charge >= 0.3 is 0 Å². The molecule has 1 fully saturated rings. The highest BCUT2D eigenvalue weighted by Gasteiger charge is 2.44. The van der Waals surface area contributed by atoms with Gasteiger partial charge in [-0.1, -0.05) is 30.3 Å². The lowest BCUT2D eigenvalue weighted by molar-refractivity contribution is -0.0511. The molecule has 0 bridgehead atoms. The molecule has 5 atom stereocenters. The second-order valence-corrected chi connectivity index (χ2v) is 6.57. The average molecular weight is 387 g/mol. The van der Waals surface area contributed by atoms with Crippen molar-refractivity contribution in [1.29, 1.82) is 0 Å². The molecule has 1 aliphatic rings. The monoisotopic (exact) mass is 387 g/mol. The topological polar surface area (TPSA) is 146 Å². The van der Waals surface area contributed by atoms with Gasteiger partial charge in [0.15, 0.2) is 23.2 Å². The Balaban J connectivity index is 1.66. The normalized spacial score (nSPS) is 25.9. The van der Waals surface area contributed by atoms with Gasteiger partial charge in [-0.25, -0.2) is 15.0 Å². The minimum atomic E-state index is -1.24. The third-order valence-electron chi connectivity index (χ3n) is 4.85. The summed E-state index contributed by atoms with van der Waals surface area (Å²) in [6.45, 7) is -0.566. The first-order valence-corrected chi connectivity index (χ1v) is 8.86. The van der Waals surface area contributed by atoms with Crippen molar-refractivity contribution in [2.75, 3.05) is 18.5 Å². The molecule has 10 nitrogen and oxygen atoms in total. The fraction of sp³-hybridized carbons (Fsp3) is 0.389. The highest BCUT2D eigenvalue weighted by Crippen LogP contribution is 2.32. The van der Waals surface area contributed by atoms with Gasteiger partial charge in [-0.2, -0.15) is 0 Å². The number of rotatable bonds is 6. The summed E-state index contributed by atoms with van der Waals surface area (Å²) in [5.41, 5.74) is 1.70. The summed E-state index contributed by atoms with van der Waals surface area (Å²) in [6.07, 6.45) is -1.53. The van der Waals surface area contributed by atoms with Gasteiger partial charge in [-0.15, -0.1) is 0 Å². The van der Waals surface area contributed by atoms with E-state index in [2.05, 4.69) is 20.3 Å². The van der Waals surface area contributed by atoms with Crippen LogP contribution in [0.15, 0.2) is 43.0 Å². The second kappa shape index (κ2) is 7.78. The first-order valence-electron chi connectivity index (χ1n) is 8.86. The third kappa shape index (κ3) is 3.21. The van der Waals surface area contributed by atoms with E-state index in [1.165, 1.54) is 17.2 Å². The molecule has 10 heteroatoms. The van der Waals surface area contributed by atoms with E-state index in [0.717, 1.165) is 5.56 Å². The minimum Gasteiger partial charge on any atom is -0.394 e. The molecular weight excluding hydrogens is 366 g/mol. The highest BCUT2D eigenvalue weighted by molar-refractivity contribution is 5.83. The largest absolute Gasteiger partial charge is 0.394 e. The molecule has 1 saturated heterocycles. The number of fused-ring (bicyclic) bond motifs is 1. The number of hydrogen-bond donors (Lipinski definition) is 5. The molecule has 2 aromatic heterocycles. The van der Waals surface area contributed by atoms with E-state index in [1.54, 1.807) is 0 Å². The Morgan fingerprint density at radius 2 is 1.86 bits per heavy atom. The second-order valence-electron chi connectivity index (χ2n) is 6.57. The van der Waals surface area contributed by atoms with Crippen molar-refractivity contribution in [2.24, 2.45) is 0 Å². The molecule has 4 rings (SSSR count). The SMILES string of the molecule is OCC1O[C@@H](n2cnc3c(N[C@H](CO)c4ccccc4)ncnc32)C(O)C1O. The van der Waals surface area contributed by atoms with Crippen molar-refractivity contribution in [3.63, 3.8) is 0 Å². The molecule has 148 valence electrons. The smallest absolute Gasteiger partial charge is 0.167 e. The van der Waals surface area contributed by atoms with Crippen LogP contribution in [0.25, 0.3) is 11.2 Å². The Bertz CT molecular complexity index is 937. The molecule has 0 saturated carbocycles. The number of aromatic nitrogens is 4. The van der Waals surface area contributed by atoms with Crippen LogP contribution in [0.1, 0.15) is 17.8 Å². The number of nitrogens with one attached hydrogen (secondary N) is 1. The summed E-state index contributed by atoms with van der Waals surface area (Å²) >= 11 is 0. The molecule has 3 heterocycles. The van der Waals surface area contributed by atoms with Crippen LogP contribution in [0.4, 0.5) is 5.82 Å². The zero-order chi connectivity index (χ0) is 19.7. The first-order chi connectivity index (χ1) is 13.6. The zero-order valence-electron chi connectivity index (χ0n) is 14.8. The van der Waals surface area contributed by atoms with Gasteiger partial charge in [0.2, 0.25) is 0 Å². The Morgan fingerprint density at radius 1 is 1.07 bits per heavy atom. The summed E-state index contributed by atoms with van der Waals surface area (Å²) in [7, 11) is 0. The van der Waals surface area contributed by atoms with E-state index < -0.39 is 37.2 Å². The number of imidazole rings is 1. The van der Waals surface area contributed by atoms with Gasteiger partial charge in [0, 0.05) is 0 Å². The molecular formula is C18H21N5O5. The minimum absolute atomic E-state index is 0.148. The van der Waals surface area contributed by atoms with Gasteiger partial charge in [-0.3, -0.25) is 4.57 Å². The van der Waals surface area contributed by atoms with Crippen LogP contribution in [-0.2, 0) is 4.74 Å². The van der Waals surface area contributed by atoms with Crippen molar-refractivity contribution in [3.05, 3.63) is 48.5 Å². The lowest BCUT2D eigenvalue weighted by Gasteiger charge is -2.18. The molecule has 5 N–H and O–H groups in total. The van der Waals surface area contributed by atoms with E-state index in [1.807, 2.05) is 30.3 Å². The molecule has 0 spiro atoms. The van der Waals surface area contributed by atoms with E-state index >= 15 is 0 Å². The molecule has 3 aromatic rings. The van der Waals surface area contributed by atoms with Crippen LogP contribution in [0.2, 0.25) is 0 Å². The number of aliphatic hydroxyl groups excluding tert-OH is 4. The number of ether oxygens (including phenoxy) is 1. The van der Waals surface area contributed by atoms with Crippen molar-refractivity contribution < 1.29 is 25.2 Å². The van der Waals surface area contributed by atoms with Crippen molar-refractivity contribution >= 4 is 17.0 Å². The molecule has 3 unspecified atom stereocenters. The predicted molar refractivity (Wildman–Crippen MR) is 98.2 cm³/mol. The summed E-state index contributed by atoms with van der Waals surface area (Å²) < 4.78 is 7.04. The molecule has 1 aromatic carbocycles. The molecule has 1 aliphatic heterocycles. The van der Waals surface area contributed by atoms with Gasteiger partial charge in [0.05, 0.1) is 25.6 Å². The van der Waals surface area contributed by atoms with Crippen molar-refractivity contribution in [2.45, 2.75) is 30.6 Å². The van der Waals surface area contributed by atoms with Crippen LogP contribution < -0.4 is 5.32 Å². The summed E-state index contributed by atoms with van der Waals surface area (Å²) in [5.74, 6) is 0.415. The first kappa shape index (κ1) is 18.7. The van der Waals surface area contributed by atoms with Crippen LogP contribution in [-0.4, -0.2) is 71.5 Å². The average Bonchev–Trinajstić information content (AvgIpc) is 3.28. The quantitative estimate of drug-likeness (QED) is 0.381. The van der Waals surface area contributed by atoms with Gasteiger partial charge in [-0.05, 0) is 5.56 Å². The van der Waals surface area contributed by atoms with Crippen molar-refractivity contribution in [3.8, 4) is 0 Å². The van der Waals surface area contributed by atoms with Crippen LogP contribution in [0.3, 0.4) is 0 Å². The van der Waals surface area contributed by atoms with Crippen LogP contribution in [0.5, 0.6) is 0 Å². The summed E-state index contributed by atoms with van der Waals surface area (Å²) in [4.78, 5) is 12.8. The van der Waals surface area contributed by atoms with Crippen LogP contribution in [0, 0.1) is 0 Å². The summed E-state index contributed by atoms with van der Waals surface area (Å²) in [6, 6.07) is 9.05. The highest BCUT2D eigenvalue weighted by atomic mass is 16.6. The molecule has 0 radical (unpaired) electrons. The fourth-order valence-corrected chi connectivity index (χ4v) is 3.34. The summed E-state index contributed by atoms with van der Waals surface area (Å²) in [5, 5.41) is 42.5. The maximum absolute atomic E-state index is 10.3. The zero-order valence-corrected chi connectivity index (χ0v) is 14.8. The lowest BCUT2D eigenvalue weighted by Crippen LogP contribution is -2.33. The predicted octanol–water partition coefficient (Wildman–Crippen LogP) is -0.417. The van der Waals surface area contributed by atoms with E-state index in [0.29, 0.717) is 17.0 Å². The Labute approximate surface area is 160 Å². The molecule has 0 aliphatic carbocycles. The van der Waals surface area contributed by atoms with E-state index in [-0.39, 0.29) is 6.61 Å². The lowest BCUT2D eigenvalue weighted by atomic mass is 10.1. The fourth-order valence-electron chi connectivity index (χ4n) is 3.34. The number of aliphatic hydroxyl groups is 4. The third-order valence-corrected chi connectivity index (χ3v) is 4.85. The standard InChI is InChI=1S/C18H21N5O5/c24-6-11(10-4-2-1-3-5-10)22-16-13-17(20-8-19-16)23(9-21-13)18-15(27)14(26)12(7-25)28-18/h1-5,8-9,11-12,14-15,18,24-27H,6-7H2,(H,19,20,22)/t11-,12?,14?,15?,18-/m1/s1.